The van der Waals surface area contributed by atoms with E-state index in [0.717, 1.165) is 0 Å². The molecule has 0 saturated heterocycles. The van der Waals surface area contributed by atoms with Gasteiger partial charge in [0.05, 0.1) is 0 Å². The lowest BCUT2D eigenvalue weighted by Gasteiger charge is -2.37. The molecule has 0 unspecified atom stereocenters. The van der Waals surface area contributed by atoms with Crippen LogP contribution in [0.25, 0.3) is 0 Å². The Balaban J connectivity index is 3.72. The normalized spacial score (nSPS) is 12.4. The number of nitrogens with zero attached hydrogens (tertiary/aromatic N) is 1. The van der Waals surface area contributed by atoms with E-state index in [1.807, 2.05) is 0 Å². The van der Waals surface area contributed by atoms with Gasteiger partial charge in [0.25, 0.3) is 0 Å². The van der Waals surface area contributed by atoms with Crippen LogP contribution in [0.1, 0.15) is 73.1 Å². The van der Waals surface area contributed by atoms with Gasteiger partial charge in [0.1, 0.15) is 0 Å². The molecule has 0 bridgehead atoms. The SMILES string of the molecule is CCCCCCCC(C)(C)N(CC)CC. The van der Waals surface area contributed by atoms with Crippen LogP contribution in [0.4, 0.5) is 0 Å². The molecule has 0 aliphatic heterocycles. The summed E-state index contributed by atoms with van der Waals surface area (Å²) in [6.07, 6.45) is 8.33. The highest BCUT2D eigenvalue weighted by Crippen LogP contribution is 2.21. The molecule has 1 nitrogen and oxygen atoms in total. The largest absolute Gasteiger partial charge is 0.299 e. The van der Waals surface area contributed by atoms with Crippen molar-refractivity contribution in [1.29, 1.82) is 0 Å². The van der Waals surface area contributed by atoms with Crippen LogP contribution in [0.3, 0.4) is 0 Å². The minimum absolute atomic E-state index is 0.399. The zero-order valence-corrected chi connectivity index (χ0v) is 11.6. The number of hydrogen-bond donors (Lipinski definition) is 0. The molecule has 0 saturated carbocycles. The molecule has 15 heavy (non-hydrogen) atoms. The zero-order chi connectivity index (χ0) is 11.7. The fraction of sp³-hybridized carbons (Fsp3) is 1.00. The first-order valence-corrected chi connectivity index (χ1v) is 6.83. The van der Waals surface area contributed by atoms with Crippen molar-refractivity contribution >= 4 is 0 Å². The highest BCUT2D eigenvalue weighted by atomic mass is 15.2. The Morgan fingerprint density at radius 1 is 0.800 bits per heavy atom. The minimum Gasteiger partial charge on any atom is -0.299 e. The van der Waals surface area contributed by atoms with Crippen LogP contribution in [0.15, 0.2) is 0 Å². The van der Waals surface area contributed by atoms with Crippen LogP contribution in [0.2, 0.25) is 0 Å². The molecule has 0 rings (SSSR count). The molecule has 1 heteroatoms. The lowest BCUT2D eigenvalue weighted by Crippen LogP contribution is -2.43. The van der Waals surface area contributed by atoms with Crippen LogP contribution in [0.5, 0.6) is 0 Å². The molecule has 0 aromatic carbocycles. The van der Waals surface area contributed by atoms with E-state index in [2.05, 4.69) is 39.5 Å². The molecule has 0 aromatic rings. The maximum Gasteiger partial charge on any atom is 0.0153 e. The Hall–Kier alpha value is -0.0400. The molecule has 0 aromatic heterocycles. The number of rotatable bonds is 9. The van der Waals surface area contributed by atoms with Gasteiger partial charge in [-0.3, -0.25) is 4.90 Å². The van der Waals surface area contributed by atoms with E-state index < -0.39 is 0 Å². The smallest absolute Gasteiger partial charge is 0.0153 e. The van der Waals surface area contributed by atoms with Crippen LogP contribution in [-0.2, 0) is 0 Å². The predicted molar refractivity (Wildman–Crippen MR) is 70.4 cm³/mol. The second kappa shape index (κ2) is 8.15. The predicted octanol–water partition coefficient (Wildman–Crippen LogP) is 4.47. The van der Waals surface area contributed by atoms with Crippen molar-refractivity contribution in [3.8, 4) is 0 Å². The summed E-state index contributed by atoms with van der Waals surface area (Å²) in [7, 11) is 0. The van der Waals surface area contributed by atoms with E-state index in [4.69, 9.17) is 0 Å². The molecule has 0 heterocycles. The fourth-order valence-electron chi connectivity index (χ4n) is 2.40. The van der Waals surface area contributed by atoms with Gasteiger partial charge >= 0.3 is 0 Å². The molecule has 0 amide bonds. The van der Waals surface area contributed by atoms with Gasteiger partial charge in [0.2, 0.25) is 0 Å². The summed E-state index contributed by atoms with van der Waals surface area (Å²) < 4.78 is 0. The van der Waals surface area contributed by atoms with Crippen LogP contribution in [0, 0.1) is 0 Å². The van der Waals surface area contributed by atoms with Gasteiger partial charge < -0.3 is 0 Å². The Bertz CT molecular complexity index is 136. The number of hydrogen-bond acceptors (Lipinski definition) is 1. The van der Waals surface area contributed by atoms with E-state index in [1.54, 1.807) is 0 Å². The Kier molecular flexibility index (Phi) is 8.13. The Morgan fingerprint density at radius 3 is 1.80 bits per heavy atom. The zero-order valence-electron chi connectivity index (χ0n) is 11.6. The van der Waals surface area contributed by atoms with Crippen molar-refractivity contribution in [2.24, 2.45) is 0 Å². The third-order valence-corrected chi connectivity index (χ3v) is 3.51. The lowest BCUT2D eigenvalue weighted by atomic mass is 9.94. The monoisotopic (exact) mass is 213 g/mol. The average molecular weight is 213 g/mol. The molecule has 0 aliphatic rings. The number of unbranched alkanes of at least 4 members (excludes halogenated alkanes) is 4. The van der Waals surface area contributed by atoms with Gasteiger partial charge in [0.15, 0.2) is 0 Å². The topological polar surface area (TPSA) is 3.24 Å². The standard InChI is InChI=1S/C14H31N/c1-6-9-10-11-12-13-14(4,5)15(7-2)8-3/h6-13H2,1-5H3. The molecule has 0 spiro atoms. The Morgan fingerprint density at radius 2 is 1.33 bits per heavy atom. The first-order valence-electron chi connectivity index (χ1n) is 6.83. The maximum absolute atomic E-state index is 2.58. The van der Waals surface area contributed by atoms with Crippen LogP contribution < -0.4 is 0 Å². The van der Waals surface area contributed by atoms with Gasteiger partial charge in [-0.15, -0.1) is 0 Å². The maximum atomic E-state index is 2.58. The van der Waals surface area contributed by atoms with Crippen molar-refractivity contribution in [2.75, 3.05) is 13.1 Å². The van der Waals surface area contributed by atoms with Crippen molar-refractivity contribution < 1.29 is 0 Å². The van der Waals surface area contributed by atoms with Crippen molar-refractivity contribution in [1.82, 2.24) is 4.90 Å². The van der Waals surface area contributed by atoms with Crippen molar-refractivity contribution in [3.05, 3.63) is 0 Å². The summed E-state index contributed by atoms with van der Waals surface area (Å²) in [5.41, 5.74) is 0.399. The van der Waals surface area contributed by atoms with Crippen molar-refractivity contribution in [2.45, 2.75) is 78.7 Å². The van der Waals surface area contributed by atoms with Crippen LogP contribution in [-0.4, -0.2) is 23.5 Å². The lowest BCUT2D eigenvalue weighted by molar-refractivity contribution is 0.122. The molecule has 0 radical (unpaired) electrons. The summed E-state index contributed by atoms with van der Waals surface area (Å²) >= 11 is 0. The van der Waals surface area contributed by atoms with Crippen LogP contribution >= 0.6 is 0 Å². The Labute approximate surface area is 97.2 Å². The van der Waals surface area contributed by atoms with E-state index in [0.29, 0.717) is 5.54 Å². The van der Waals surface area contributed by atoms with Crippen molar-refractivity contribution in [3.63, 3.8) is 0 Å². The molecule has 92 valence electrons. The summed E-state index contributed by atoms with van der Waals surface area (Å²) in [6, 6.07) is 0. The van der Waals surface area contributed by atoms with E-state index in [9.17, 15) is 0 Å². The second-order valence-electron chi connectivity index (χ2n) is 5.15. The highest BCUT2D eigenvalue weighted by Gasteiger charge is 2.22. The van der Waals surface area contributed by atoms with Gasteiger partial charge in [-0.05, 0) is 33.4 Å². The van der Waals surface area contributed by atoms with Gasteiger partial charge in [-0.2, -0.15) is 0 Å². The third kappa shape index (κ3) is 6.19. The van der Waals surface area contributed by atoms with E-state index >= 15 is 0 Å². The van der Waals surface area contributed by atoms with Gasteiger partial charge in [-0.25, -0.2) is 0 Å². The average Bonchev–Trinajstić information content (AvgIpc) is 2.18. The summed E-state index contributed by atoms with van der Waals surface area (Å²) in [5, 5.41) is 0. The van der Waals surface area contributed by atoms with E-state index in [1.165, 1.54) is 51.6 Å². The first-order chi connectivity index (χ1) is 7.08. The van der Waals surface area contributed by atoms with E-state index in [-0.39, 0.29) is 0 Å². The molecule has 0 N–H and O–H groups in total. The summed E-state index contributed by atoms with van der Waals surface area (Å²) in [5.74, 6) is 0. The molecular weight excluding hydrogens is 182 g/mol. The molecular formula is C14H31N. The van der Waals surface area contributed by atoms with Gasteiger partial charge in [0, 0.05) is 5.54 Å². The first kappa shape index (κ1) is 15.0. The summed E-state index contributed by atoms with van der Waals surface area (Å²) in [4.78, 5) is 2.58. The highest BCUT2D eigenvalue weighted by molar-refractivity contribution is 4.79. The molecule has 0 aliphatic carbocycles. The fourth-order valence-corrected chi connectivity index (χ4v) is 2.40. The quantitative estimate of drug-likeness (QED) is 0.511. The van der Waals surface area contributed by atoms with Gasteiger partial charge in [-0.1, -0.05) is 52.9 Å². The second-order valence-corrected chi connectivity index (χ2v) is 5.15. The summed E-state index contributed by atoms with van der Waals surface area (Å²) in [6.45, 7) is 13.9. The molecule has 0 fully saturated rings. The molecule has 0 atom stereocenters. The third-order valence-electron chi connectivity index (χ3n) is 3.51. The minimum atomic E-state index is 0.399.